The first kappa shape index (κ1) is 59.6. The minimum absolute atomic E-state index is 0.185. The Morgan fingerprint density at radius 1 is 0.654 bits per heavy atom. The van der Waals surface area contributed by atoms with Crippen LogP contribution in [0.1, 0.15) is 117 Å². The largest absolute Gasteiger partial charge is 0.474 e. The van der Waals surface area contributed by atoms with E-state index in [1.165, 1.54) is 42.4 Å². The first-order valence-corrected chi connectivity index (χ1v) is 27.0. The Kier molecular flexibility index (Phi) is 21.1. The van der Waals surface area contributed by atoms with E-state index in [-0.39, 0.29) is 17.5 Å². The summed E-state index contributed by atoms with van der Waals surface area (Å²) in [7, 11) is 0. The number of likely N-dealkylation sites (tertiary alicyclic amines) is 1. The van der Waals surface area contributed by atoms with E-state index in [4.69, 9.17) is 21.5 Å². The van der Waals surface area contributed by atoms with Crippen molar-refractivity contribution in [3.63, 3.8) is 0 Å². The van der Waals surface area contributed by atoms with Gasteiger partial charge >= 0.3 is 35.9 Å². The van der Waals surface area contributed by atoms with Crippen LogP contribution in [0.15, 0.2) is 96.2 Å². The van der Waals surface area contributed by atoms with Crippen molar-refractivity contribution in [1.82, 2.24) is 30.2 Å². The number of pyridine rings is 2. The molecule has 8 N–H and O–H groups in total. The Morgan fingerprint density at radius 2 is 1.12 bits per heavy atom. The van der Waals surface area contributed by atoms with E-state index < -0.39 is 47.1 Å². The first-order chi connectivity index (χ1) is 37.4. The van der Waals surface area contributed by atoms with Gasteiger partial charge in [0.1, 0.15) is 32.9 Å². The number of anilines is 4. The number of hydrogen-bond acceptors (Lipinski definition) is 15. The van der Waals surface area contributed by atoms with E-state index in [1.807, 2.05) is 41.2 Å². The molecule has 0 unspecified atom stereocenters. The third kappa shape index (κ3) is 18.5. The van der Waals surface area contributed by atoms with E-state index in [1.54, 1.807) is 95.2 Å². The Bertz CT molecular complexity index is 2980. The molecule has 4 atom stereocenters. The third-order valence-electron chi connectivity index (χ3n) is 12.0. The zero-order valence-electron chi connectivity index (χ0n) is 46.5. The lowest BCUT2D eigenvalue weighted by Crippen LogP contribution is -2.46. The van der Waals surface area contributed by atoms with E-state index in [2.05, 4.69) is 84.6 Å². The van der Waals surface area contributed by atoms with Crippen LogP contribution in [-0.2, 0) is 28.7 Å². The average Bonchev–Trinajstić information content (AvgIpc) is 4.16. The van der Waals surface area contributed by atoms with Crippen LogP contribution < -0.4 is 26.6 Å². The number of nitrogens with one attached hydrogen (secondary N) is 5. The normalized spacial score (nSPS) is 17.1. The predicted molar refractivity (Wildman–Crippen MR) is 303 cm³/mol. The van der Waals surface area contributed by atoms with Crippen LogP contribution in [0.5, 0.6) is 0 Å². The molecule has 4 aromatic heterocycles. The summed E-state index contributed by atoms with van der Waals surface area (Å²) < 4.78 is 15.1. The molecule has 22 heteroatoms. The maximum Gasteiger partial charge on any atom is 0.413 e. The van der Waals surface area contributed by atoms with Crippen LogP contribution in [0.3, 0.4) is 0 Å². The molecule has 2 saturated heterocycles. The fourth-order valence-corrected chi connectivity index (χ4v) is 9.58. The lowest BCUT2D eigenvalue weighted by Gasteiger charge is -2.38. The predicted octanol–water partition coefficient (Wildman–Crippen LogP) is 10.6. The zero-order valence-corrected chi connectivity index (χ0v) is 47.1. The minimum Gasteiger partial charge on any atom is -0.474 e. The van der Waals surface area contributed by atoms with E-state index in [0.717, 1.165) is 46.4 Å². The minimum atomic E-state index is -1.59. The molecular weight excluding hydrogens is 1040 g/mol. The van der Waals surface area contributed by atoms with Crippen molar-refractivity contribution in [3.8, 4) is 21.1 Å². The standard InChI is InChI=1S/C28H33N5O4S.C15H18N2S.C13H17N3O5.H2O/c1-17-6-11-22(19-7-9-20(10-8-19)25-29-12-13-38-25)33(16-17)26(35)24(34)31-21-14-18(2)23(30-15-21)32-27(36)37-28(3,4)5;1-11-2-7-14(17-10-11)12-3-5-13(6-4-12)15-16-8-9-18-15;1-7-5-8(15-10(17)11(18)19)6-14-9(7)16-12(20)21-13(2,3)4;/h7-10,12-15,17,22H,6,11,16H2,1-5H3,(H,31,34)(H,30,32,36);3-6,8-9,11,14,17H,2,7,10H2,1H3;5-6H,1-4H3,(H,15,17)(H,18,19)(H,14,16,20);1H2/t17-,22+;11-,14+;;/m00../s1/i/hD. The van der Waals surface area contributed by atoms with Crippen LogP contribution in [0.25, 0.3) is 21.1 Å². The maximum absolute atomic E-state index is 13.3. The quantitative estimate of drug-likeness (QED) is 0.0773. The summed E-state index contributed by atoms with van der Waals surface area (Å²) in [5.74, 6) is -2.38. The Balaban J connectivity index is 0.000000236. The van der Waals surface area contributed by atoms with Gasteiger partial charge in [0.25, 0.3) is 0 Å². The second-order valence-electron chi connectivity index (χ2n) is 21.0. The number of aryl methyl sites for hydroxylation is 2. The molecule has 416 valence electrons. The number of thiazole rings is 2. The lowest BCUT2D eigenvalue weighted by atomic mass is 9.89. The summed E-state index contributed by atoms with van der Waals surface area (Å²) in [6.07, 6.45) is 9.32. The number of benzene rings is 2. The van der Waals surface area contributed by atoms with Crippen molar-refractivity contribution in [1.29, 1.82) is 0 Å². The molecule has 2 aliphatic rings. The summed E-state index contributed by atoms with van der Waals surface area (Å²) in [6.45, 7) is 19.9. The van der Waals surface area contributed by atoms with Gasteiger partial charge in [0.05, 0.1) is 29.8 Å². The number of rotatable bonds is 8. The highest BCUT2D eigenvalue weighted by Crippen LogP contribution is 2.35. The summed E-state index contributed by atoms with van der Waals surface area (Å²) in [4.78, 5) is 90.0. The number of carboxylic acids is 1. The molecule has 78 heavy (non-hydrogen) atoms. The van der Waals surface area contributed by atoms with Crippen LogP contribution in [-0.4, -0.2) is 95.6 Å². The highest BCUT2D eigenvalue weighted by Gasteiger charge is 2.34. The summed E-state index contributed by atoms with van der Waals surface area (Å²) in [5, 5.41) is 28.0. The molecule has 2 aliphatic heterocycles. The number of carbonyl (C=O) groups is 6. The molecule has 5 amide bonds. The van der Waals surface area contributed by atoms with Gasteiger partial charge in [-0.05, 0) is 134 Å². The Hall–Kier alpha value is -7.66. The Labute approximate surface area is 464 Å². The molecule has 0 spiro atoms. The fraction of sp³-hybridized carbons (Fsp3) is 0.393. The van der Waals surface area contributed by atoms with E-state index >= 15 is 0 Å². The zero-order chi connectivity index (χ0) is 58.0. The van der Waals surface area contributed by atoms with E-state index in [9.17, 15) is 28.8 Å². The van der Waals surface area contributed by atoms with Gasteiger partial charge in [0.2, 0.25) is 1.43 Å². The van der Waals surface area contributed by atoms with Crippen molar-refractivity contribution in [3.05, 3.63) is 118 Å². The topological polar surface area (TPSA) is 288 Å². The smallest absolute Gasteiger partial charge is 0.413 e. The monoisotopic (exact) mass is 1110 g/mol. The van der Waals surface area contributed by atoms with Crippen molar-refractivity contribution >= 4 is 81.6 Å². The van der Waals surface area contributed by atoms with Gasteiger partial charge in [-0.15, -0.1) is 22.7 Å². The number of nitrogens with zero attached hydrogens (tertiary/aromatic N) is 5. The van der Waals surface area contributed by atoms with Gasteiger partial charge in [-0.1, -0.05) is 62.4 Å². The highest BCUT2D eigenvalue weighted by molar-refractivity contribution is 7.13. The van der Waals surface area contributed by atoms with Gasteiger partial charge in [0.15, 0.2) is 0 Å². The Morgan fingerprint density at radius 3 is 1.53 bits per heavy atom. The number of carboxylic acid groups (broad SMARTS) is 1. The molecule has 0 radical (unpaired) electrons. The summed E-state index contributed by atoms with van der Waals surface area (Å²) in [5.41, 5.74) is 11.4. The van der Waals surface area contributed by atoms with E-state index in [0.29, 0.717) is 41.1 Å². The molecule has 6 heterocycles. The molecule has 2 fully saturated rings. The van der Waals surface area contributed by atoms with Gasteiger partial charge in [-0.25, -0.2) is 34.3 Å². The van der Waals surface area contributed by atoms with Crippen molar-refractivity contribution < 1.29 is 50.3 Å². The molecule has 8 rings (SSSR count). The number of carbonyl (C=O) groups excluding carboxylic acids is 5. The summed E-state index contributed by atoms with van der Waals surface area (Å²) >= 11 is 3.27. The molecule has 6 aromatic rings. The number of aromatic nitrogens is 4. The van der Waals surface area contributed by atoms with Crippen LogP contribution in [0, 0.1) is 25.7 Å². The molecule has 2 aromatic carbocycles. The van der Waals surface area contributed by atoms with Gasteiger partial charge < -0.3 is 40.9 Å². The van der Waals surface area contributed by atoms with Crippen molar-refractivity contribution in [2.45, 2.75) is 118 Å². The number of ether oxygens (including phenoxy) is 2. The number of aliphatic carboxylic acids is 1. The number of piperidine rings is 2. The maximum atomic E-state index is 13.3. The average molecular weight is 1110 g/mol. The SMILES string of the molecule is C[C@H]1CC[C@H](c2ccc(-c3nccs3)cc2)NC1.Cc1cc(NC(=O)C(=O)N2C[C@@H](C)CC[C@@H]2c2ccc(-c3nccs3)cc2)cnc1NC(=O)OC(C)(C)C.Cc1cc(NC(=O)C(=O)O)cnc1NC(=O)OC(C)(C)C.[2H]O. The fourth-order valence-electron chi connectivity index (χ4n) is 8.29. The van der Waals surface area contributed by atoms with Crippen molar-refractivity contribution in [2.75, 3.05) is 34.4 Å². The lowest BCUT2D eigenvalue weighted by molar-refractivity contribution is -0.147. The van der Waals surface area contributed by atoms with Crippen LogP contribution >= 0.6 is 22.7 Å². The third-order valence-corrected chi connectivity index (χ3v) is 13.7. The van der Waals surface area contributed by atoms with Gasteiger partial charge in [0, 0.05) is 46.9 Å². The van der Waals surface area contributed by atoms with Crippen molar-refractivity contribution in [2.24, 2.45) is 11.8 Å². The first-order valence-electron chi connectivity index (χ1n) is 25.7. The molecule has 20 nitrogen and oxygen atoms in total. The summed E-state index contributed by atoms with van der Waals surface area (Å²) in [6, 6.07) is 20.4. The van der Waals surface area contributed by atoms with Gasteiger partial charge in [-0.2, -0.15) is 0 Å². The van der Waals surface area contributed by atoms with Crippen LogP contribution in [0.4, 0.5) is 32.6 Å². The molecule has 0 bridgehead atoms. The van der Waals surface area contributed by atoms with Gasteiger partial charge in [-0.3, -0.25) is 25.0 Å². The molecule has 0 saturated carbocycles. The van der Waals surface area contributed by atoms with Crippen LogP contribution in [0.2, 0.25) is 0 Å². The number of hydrogen-bond donors (Lipinski definition) is 6. The molecular formula is C56H70N10O10S2. The second-order valence-corrected chi connectivity index (χ2v) is 22.8. The second kappa shape index (κ2) is 27.6. The highest BCUT2D eigenvalue weighted by atomic mass is 32.1. The molecule has 0 aliphatic carbocycles. The number of amides is 5.